The lowest BCUT2D eigenvalue weighted by Gasteiger charge is -2.11. The standard InChI is InChI=1S/C13H8Cl2F2O/c14-7-9-11(17)2-1-3-12(9)18-13-5-4-8(16)6-10(13)15/h1-6H,7H2. The van der Waals surface area contributed by atoms with E-state index in [2.05, 4.69) is 0 Å². The van der Waals surface area contributed by atoms with Crippen molar-refractivity contribution in [2.75, 3.05) is 0 Å². The smallest absolute Gasteiger partial charge is 0.146 e. The number of hydrogen-bond donors (Lipinski definition) is 0. The van der Waals surface area contributed by atoms with Crippen LogP contribution in [-0.2, 0) is 5.88 Å². The van der Waals surface area contributed by atoms with Gasteiger partial charge in [-0.1, -0.05) is 17.7 Å². The quantitative estimate of drug-likeness (QED) is 0.710. The molecule has 0 atom stereocenters. The average Bonchev–Trinajstić information content (AvgIpc) is 2.33. The number of alkyl halides is 1. The lowest BCUT2D eigenvalue weighted by molar-refractivity contribution is 0.469. The molecule has 0 aliphatic rings. The van der Waals surface area contributed by atoms with Crippen LogP contribution in [0.1, 0.15) is 5.56 Å². The third-order valence-electron chi connectivity index (χ3n) is 2.32. The van der Waals surface area contributed by atoms with E-state index in [-0.39, 0.29) is 28.0 Å². The summed E-state index contributed by atoms with van der Waals surface area (Å²) >= 11 is 11.5. The molecule has 0 aliphatic carbocycles. The normalized spacial score (nSPS) is 10.4. The number of hydrogen-bond acceptors (Lipinski definition) is 1. The summed E-state index contributed by atoms with van der Waals surface area (Å²) in [4.78, 5) is 0. The topological polar surface area (TPSA) is 9.23 Å². The lowest BCUT2D eigenvalue weighted by atomic mass is 10.2. The van der Waals surface area contributed by atoms with Gasteiger partial charge in [0.05, 0.1) is 10.9 Å². The molecule has 5 heteroatoms. The predicted octanol–water partition coefficient (Wildman–Crippen LogP) is 5.15. The molecule has 0 aliphatic heterocycles. The maximum Gasteiger partial charge on any atom is 0.146 e. The van der Waals surface area contributed by atoms with Gasteiger partial charge in [0.25, 0.3) is 0 Å². The summed E-state index contributed by atoms with van der Waals surface area (Å²) < 4.78 is 31.8. The van der Waals surface area contributed by atoms with Gasteiger partial charge in [-0.25, -0.2) is 8.78 Å². The van der Waals surface area contributed by atoms with Gasteiger partial charge >= 0.3 is 0 Å². The second-order valence-electron chi connectivity index (χ2n) is 3.53. The summed E-state index contributed by atoms with van der Waals surface area (Å²) in [7, 11) is 0. The van der Waals surface area contributed by atoms with Gasteiger partial charge in [0.15, 0.2) is 0 Å². The molecule has 0 spiro atoms. The van der Waals surface area contributed by atoms with Crippen molar-refractivity contribution in [1.82, 2.24) is 0 Å². The van der Waals surface area contributed by atoms with Crippen molar-refractivity contribution in [3.05, 3.63) is 58.6 Å². The van der Waals surface area contributed by atoms with Crippen molar-refractivity contribution in [1.29, 1.82) is 0 Å². The zero-order chi connectivity index (χ0) is 13.1. The van der Waals surface area contributed by atoms with Crippen molar-refractivity contribution in [2.24, 2.45) is 0 Å². The van der Waals surface area contributed by atoms with Crippen LogP contribution < -0.4 is 4.74 Å². The van der Waals surface area contributed by atoms with E-state index in [1.54, 1.807) is 6.07 Å². The van der Waals surface area contributed by atoms with Crippen LogP contribution in [-0.4, -0.2) is 0 Å². The number of halogens is 4. The van der Waals surface area contributed by atoms with Crippen molar-refractivity contribution in [2.45, 2.75) is 5.88 Å². The summed E-state index contributed by atoms with van der Waals surface area (Å²) in [5.74, 6) is -0.445. The highest BCUT2D eigenvalue weighted by Gasteiger charge is 2.11. The molecule has 0 fully saturated rings. The molecule has 0 N–H and O–H groups in total. The minimum Gasteiger partial charge on any atom is -0.455 e. The maximum absolute atomic E-state index is 13.5. The van der Waals surface area contributed by atoms with Crippen LogP contribution in [0.4, 0.5) is 8.78 Å². The van der Waals surface area contributed by atoms with Gasteiger partial charge in [-0.3, -0.25) is 0 Å². The molecule has 2 aromatic carbocycles. The first-order chi connectivity index (χ1) is 8.61. The Balaban J connectivity index is 2.37. The van der Waals surface area contributed by atoms with E-state index in [9.17, 15) is 8.78 Å². The molecule has 2 rings (SSSR count). The molecular formula is C13H8Cl2F2O. The molecule has 2 aromatic rings. The molecule has 0 saturated heterocycles. The Morgan fingerprint density at radius 2 is 1.83 bits per heavy atom. The summed E-state index contributed by atoms with van der Waals surface area (Å²) in [5.41, 5.74) is 0.236. The Hall–Kier alpha value is -1.32. The second-order valence-corrected chi connectivity index (χ2v) is 4.20. The van der Waals surface area contributed by atoms with Crippen molar-refractivity contribution >= 4 is 23.2 Å². The largest absolute Gasteiger partial charge is 0.455 e. The SMILES string of the molecule is Fc1ccc(Oc2cccc(F)c2CCl)c(Cl)c1. The van der Waals surface area contributed by atoms with E-state index in [1.807, 2.05) is 0 Å². The van der Waals surface area contributed by atoms with Gasteiger partial charge in [0.1, 0.15) is 23.1 Å². The highest BCUT2D eigenvalue weighted by atomic mass is 35.5. The van der Waals surface area contributed by atoms with E-state index in [0.717, 1.165) is 6.07 Å². The highest BCUT2D eigenvalue weighted by Crippen LogP contribution is 2.33. The fourth-order valence-corrected chi connectivity index (χ4v) is 1.91. The Morgan fingerprint density at radius 1 is 1.06 bits per heavy atom. The van der Waals surface area contributed by atoms with E-state index < -0.39 is 11.6 Å². The molecule has 0 bridgehead atoms. The van der Waals surface area contributed by atoms with Crippen LogP contribution in [0, 0.1) is 11.6 Å². The lowest BCUT2D eigenvalue weighted by Crippen LogP contribution is -1.94. The molecule has 0 aromatic heterocycles. The molecule has 94 valence electrons. The Labute approximate surface area is 113 Å². The second kappa shape index (κ2) is 5.55. The Morgan fingerprint density at radius 3 is 2.50 bits per heavy atom. The molecule has 0 radical (unpaired) electrons. The van der Waals surface area contributed by atoms with Gasteiger partial charge in [-0.05, 0) is 30.3 Å². The van der Waals surface area contributed by atoms with Crippen molar-refractivity contribution in [3.63, 3.8) is 0 Å². The molecular weight excluding hydrogens is 281 g/mol. The summed E-state index contributed by atoms with van der Waals surface area (Å²) in [5, 5.41) is 0.111. The first-order valence-electron chi connectivity index (χ1n) is 5.08. The third-order valence-corrected chi connectivity index (χ3v) is 2.89. The Bertz CT molecular complexity index is 573. The Kier molecular flexibility index (Phi) is 4.04. The highest BCUT2D eigenvalue weighted by molar-refractivity contribution is 6.32. The summed E-state index contributed by atoms with van der Waals surface area (Å²) in [6.45, 7) is 0. The van der Waals surface area contributed by atoms with E-state index in [1.165, 1.54) is 24.3 Å². The maximum atomic E-state index is 13.5. The van der Waals surface area contributed by atoms with Crippen LogP contribution in [0.2, 0.25) is 5.02 Å². The van der Waals surface area contributed by atoms with Crippen LogP contribution in [0.3, 0.4) is 0 Å². The van der Waals surface area contributed by atoms with Crippen LogP contribution >= 0.6 is 23.2 Å². The molecule has 0 unspecified atom stereocenters. The van der Waals surface area contributed by atoms with Crippen molar-refractivity contribution in [3.8, 4) is 11.5 Å². The molecule has 0 saturated carbocycles. The first kappa shape index (κ1) is 13.1. The van der Waals surface area contributed by atoms with Gasteiger partial charge in [0, 0.05) is 5.56 Å². The minimum atomic E-state index is -0.468. The number of rotatable bonds is 3. The summed E-state index contributed by atoms with van der Waals surface area (Å²) in [6, 6.07) is 8.06. The van der Waals surface area contributed by atoms with E-state index in [0.29, 0.717) is 0 Å². The average molecular weight is 289 g/mol. The van der Waals surface area contributed by atoms with Gasteiger partial charge < -0.3 is 4.74 Å². The van der Waals surface area contributed by atoms with E-state index >= 15 is 0 Å². The number of benzene rings is 2. The third kappa shape index (κ3) is 2.74. The van der Waals surface area contributed by atoms with Crippen molar-refractivity contribution < 1.29 is 13.5 Å². The minimum absolute atomic E-state index is 0.0270. The molecule has 1 nitrogen and oxygen atoms in total. The zero-order valence-corrected chi connectivity index (χ0v) is 10.6. The molecule has 0 heterocycles. The molecule has 18 heavy (non-hydrogen) atoms. The number of ether oxygens (including phenoxy) is 1. The van der Waals surface area contributed by atoms with Crippen LogP contribution in [0.5, 0.6) is 11.5 Å². The fourth-order valence-electron chi connectivity index (χ4n) is 1.44. The fraction of sp³-hybridized carbons (Fsp3) is 0.0769. The molecule has 0 amide bonds. The zero-order valence-electron chi connectivity index (χ0n) is 9.09. The monoisotopic (exact) mass is 288 g/mol. The van der Waals surface area contributed by atoms with Gasteiger partial charge in [-0.15, -0.1) is 11.6 Å². The van der Waals surface area contributed by atoms with Crippen LogP contribution in [0.15, 0.2) is 36.4 Å². The van der Waals surface area contributed by atoms with E-state index in [4.69, 9.17) is 27.9 Å². The van der Waals surface area contributed by atoms with Gasteiger partial charge in [-0.2, -0.15) is 0 Å². The summed E-state index contributed by atoms with van der Waals surface area (Å²) in [6.07, 6.45) is 0. The predicted molar refractivity (Wildman–Crippen MR) is 67.4 cm³/mol. The van der Waals surface area contributed by atoms with Gasteiger partial charge in [0.2, 0.25) is 0 Å². The first-order valence-corrected chi connectivity index (χ1v) is 5.99. The van der Waals surface area contributed by atoms with Crippen LogP contribution in [0.25, 0.3) is 0 Å².